The predicted molar refractivity (Wildman–Crippen MR) is 83.6 cm³/mol. The molecule has 6 heteroatoms. The highest BCUT2D eigenvalue weighted by molar-refractivity contribution is 5.96. The van der Waals surface area contributed by atoms with E-state index in [4.69, 9.17) is 5.73 Å². The van der Waals surface area contributed by atoms with E-state index >= 15 is 0 Å². The number of rotatable bonds is 4. The molecule has 0 aliphatic rings. The Labute approximate surface area is 129 Å². The fraction of sp³-hybridized carbons (Fsp3) is 0.375. The average molecular weight is 304 g/mol. The lowest BCUT2D eigenvalue weighted by Gasteiger charge is -2.18. The number of hydrogen-bond donors (Lipinski definition) is 2. The second-order valence-electron chi connectivity index (χ2n) is 6.11. The molecule has 0 atom stereocenters. The normalized spacial score (nSPS) is 11.5. The van der Waals surface area contributed by atoms with Crippen LogP contribution < -0.4 is 11.1 Å². The lowest BCUT2D eigenvalue weighted by molar-refractivity contribution is 0.0945. The molecule has 0 saturated heterocycles. The van der Waals surface area contributed by atoms with Gasteiger partial charge < -0.3 is 11.1 Å². The molecule has 0 spiro atoms. The van der Waals surface area contributed by atoms with E-state index in [1.807, 2.05) is 20.8 Å². The van der Waals surface area contributed by atoms with E-state index in [0.29, 0.717) is 29.2 Å². The van der Waals surface area contributed by atoms with Crippen LogP contribution >= 0.6 is 0 Å². The third kappa shape index (κ3) is 3.51. The molecule has 118 valence electrons. The molecule has 2 rings (SSSR count). The summed E-state index contributed by atoms with van der Waals surface area (Å²) in [6.07, 6.45) is 0. The van der Waals surface area contributed by atoms with Crippen molar-refractivity contribution in [2.24, 2.45) is 5.73 Å². The highest BCUT2D eigenvalue weighted by atomic mass is 19.1. The van der Waals surface area contributed by atoms with E-state index < -0.39 is 5.54 Å². The Hall–Kier alpha value is -2.21. The monoisotopic (exact) mass is 304 g/mol. The van der Waals surface area contributed by atoms with Crippen molar-refractivity contribution in [1.82, 2.24) is 15.1 Å². The van der Waals surface area contributed by atoms with Crippen LogP contribution in [0.25, 0.3) is 5.69 Å². The van der Waals surface area contributed by atoms with E-state index in [-0.39, 0.29) is 11.7 Å². The number of amides is 1. The van der Waals surface area contributed by atoms with E-state index in [2.05, 4.69) is 10.4 Å². The van der Waals surface area contributed by atoms with E-state index in [0.717, 1.165) is 0 Å². The minimum absolute atomic E-state index is 0.207. The molecule has 0 aliphatic carbocycles. The van der Waals surface area contributed by atoms with Crippen LogP contribution in [0, 0.1) is 19.7 Å². The highest BCUT2D eigenvalue weighted by Crippen LogP contribution is 2.18. The molecule has 0 saturated carbocycles. The van der Waals surface area contributed by atoms with Crippen LogP contribution in [0.2, 0.25) is 0 Å². The Balaban J connectivity index is 2.31. The highest BCUT2D eigenvalue weighted by Gasteiger charge is 2.21. The topological polar surface area (TPSA) is 72.9 Å². The van der Waals surface area contributed by atoms with Crippen LogP contribution in [0.5, 0.6) is 0 Å². The van der Waals surface area contributed by atoms with Gasteiger partial charge in [-0.3, -0.25) is 4.79 Å². The maximum Gasteiger partial charge on any atom is 0.255 e. The van der Waals surface area contributed by atoms with Crippen LogP contribution in [0.4, 0.5) is 4.39 Å². The summed E-state index contributed by atoms with van der Waals surface area (Å²) >= 11 is 0. The van der Waals surface area contributed by atoms with Gasteiger partial charge in [0.2, 0.25) is 0 Å². The Bertz CT molecular complexity index is 683. The van der Waals surface area contributed by atoms with Gasteiger partial charge in [0.1, 0.15) is 5.82 Å². The molecule has 22 heavy (non-hydrogen) atoms. The number of hydrogen-bond acceptors (Lipinski definition) is 3. The molecule has 0 unspecified atom stereocenters. The Morgan fingerprint density at radius 3 is 2.45 bits per heavy atom. The van der Waals surface area contributed by atoms with Gasteiger partial charge in [0.05, 0.1) is 22.6 Å². The van der Waals surface area contributed by atoms with Gasteiger partial charge in [0.25, 0.3) is 5.91 Å². The Kier molecular flexibility index (Phi) is 4.32. The zero-order valence-electron chi connectivity index (χ0n) is 13.3. The SMILES string of the molecule is Cc1nn(-c2ccc(F)cc2)c(C)c1C(=O)NCC(C)(C)N. The van der Waals surface area contributed by atoms with Crippen LogP contribution in [-0.2, 0) is 0 Å². The summed E-state index contributed by atoms with van der Waals surface area (Å²) in [5.74, 6) is -0.518. The van der Waals surface area contributed by atoms with Gasteiger partial charge in [-0.15, -0.1) is 0 Å². The second-order valence-corrected chi connectivity index (χ2v) is 6.11. The van der Waals surface area contributed by atoms with Gasteiger partial charge in [-0.1, -0.05) is 0 Å². The fourth-order valence-corrected chi connectivity index (χ4v) is 2.20. The molecule has 0 aliphatic heterocycles. The maximum atomic E-state index is 13.0. The molecular formula is C16H21FN4O. The number of carbonyl (C=O) groups is 1. The van der Waals surface area contributed by atoms with Crippen LogP contribution in [-0.4, -0.2) is 27.8 Å². The minimum Gasteiger partial charge on any atom is -0.350 e. The molecule has 1 aromatic carbocycles. The summed E-state index contributed by atoms with van der Waals surface area (Å²) in [5.41, 5.74) is 7.95. The molecule has 3 N–H and O–H groups in total. The first kappa shape index (κ1) is 16.2. The number of nitrogens with two attached hydrogens (primary N) is 1. The molecule has 1 heterocycles. The van der Waals surface area contributed by atoms with Gasteiger partial charge in [0.15, 0.2) is 0 Å². The smallest absolute Gasteiger partial charge is 0.255 e. The number of halogens is 1. The van der Waals surface area contributed by atoms with E-state index in [1.165, 1.54) is 12.1 Å². The lowest BCUT2D eigenvalue weighted by Crippen LogP contribution is -2.45. The van der Waals surface area contributed by atoms with Crippen molar-refractivity contribution in [2.45, 2.75) is 33.2 Å². The number of benzene rings is 1. The first-order valence-corrected chi connectivity index (χ1v) is 7.08. The third-order valence-electron chi connectivity index (χ3n) is 3.29. The molecule has 0 radical (unpaired) electrons. The molecular weight excluding hydrogens is 283 g/mol. The number of aryl methyl sites for hydroxylation is 1. The van der Waals surface area contributed by atoms with Crippen molar-refractivity contribution in [1.29, 1.82) is 0 Å². The summed E-state index contributed by atoms with van der Waals surface area (Å²) in [5, 5.41) is 7.19. The number of nitrogens with zero attached hydrogens (tertiary/aromatic N) is 2. The van der Waals surface area contributed by atoms with Crippen molar-refractivity contribution in [3.63, 3.8) is 0 Å². The van der Waals surface area contributed by atoms with Gasteiger partial charge in [0, 0.05) is 12.1 Å². The minimum atomic E-state index is -0.482. The van der Waals surface area contributed by atoms with Crippen molar-refractivity contribution in [3.05, 3.63) is 47.0 Å². The predicted octanol–water partition coefficient (Wildman–Crippen LogP) is 2.10. The quantitative estimate of drug-likeness (QED) is 0.908. The molecule has 0 fully saturated rings. The molecule has 5 nitrogen and oxygen atoms in total. The molecule has 0 bridgehead atoms. The van der Waals surface area contributed by atoms with Gasteiger partial charge >= 0.3 is 0 Å². The summed E-state index contributed by atoms with van der Waals surface area (Å²) < 4.78 is 14.7. The molecule has 2 aromatic rings. The zero-order chi connectivity index (χ0) is 16.5. The average Bonchev–Trinajstić information content (AvgIpc) is 2.72. The summed E-state index contributed by atoms with van der Waals surface area (Å²) in [7, 11) is 0. The van der Waals surface area contributed by atoms with E-state index in [1.54, 1.807) is 23.7 Å². The van der Waals surface area contributed by atoms with Crippen molar-refractivity contribution in [2.75, 3.05) is 6.54 Å². The van der Waals surface area contributed by atoms with Crippen molar-refractivity contribution >= 4 is 5.91 Å². The van der Waals surface area contributed by atoms with Crippen molar-refractivity contribution in [3.8, 4) is 5.69 Å². The second kappa shape index (κ2) is 5.88. The van der Waals surface area contributed by atoms with Crippen LogP contribution in [0.1, 0.15) is 35.6 Å². The van der Waals surface area contributed by atoms with Crippen molar-refractivity contribution < 1.29 is 9.18 Å². The number of nitrogens with one attached hydrogen (secondary N) is 1. The third-order valence-corrected chi connectivity index (χ3v) is 3.29. The van der Waals surface area contributed by atoms with Crippen LogP contribution in [0.15, 0.2) is 24.3 Å². The molecule has 1 aromatic heterocycles. The zero-order valence-corrected chi connectivity index (χ0v) is 13.3. The first-order valence-electron chi connectivity index (χ1n) is 7.08. The Morgan fingerprint density at radius 1 is 1.32 bits per heavy atom. The molecule has 1 amide bonds. The van der Waals surface area contributed by atoms with E-state index in [9.17, 15) is 9.18 Å². The number of carbonyl (C=O) groups excluding carboxylic acids is 1. The summed E-state index contributed by atoms with van der Waals surface area (Å²) in [6.45, 7) is 7.64. The standard InChI is InChI=1S/C16H21FN4O/c1-10-14(15(22)19-9-16(3,4)18)11(2)21(20-10)13-7-5-12(17)6-8-13/h5-8H,9,18H2,1-4H3,(H,19,22). The van der Waals surface area contributed by atoms with Gasteiger partial charge in [-0.05, 0) is 52.0 Å². The fourth-order valence-electron chi connectivity index (χ4n) is 2.20. The first-order chi connectivity index (χ1) is 10.2. The van der Waals surface area contributed by atoms with Crippen LogP contribution in [0.3, 0.4) is 0 Å². The maximum absolute atomic E-state index is 13.0. The van der Waals surface area contributed by atoms with Gasteiger partial charge in [-0.25, -0.2) is 9.07 Å². The lowest BCUT2D eigenvalue weighted by atomic mass is 10.1. The largest absolute Gasteiger partial charge is 0.350 e. The summed E-state index contributed by atoms with van der Waals surface area (Å²) in [6, 6.07) is 5.98. The van der Waals surface area contributed by atoms with Gasteiger partial charge in [-0.2, -0.15) is 5.10 Å². The summed E-state index contributed by atoms with van der Waals surface area (Å²) in [4.78, 5) is 12.4. The number of aromatic nitrogens is 2. The Morgan fingerprint density at radius 2 is 1.91 bits per heavy atom.